The smallest absolute Gasteiger partial charge is 0.133 e. The molecule has 1 aromatic carbocycles. The highest BCUT2D eigenvalue weighted by atomic mass is 35.5. The Morgan fingerprint density at radius 2 is 2.06 bits per heavy atom. The van der Waals surface area contributed by atoms with Crippen LogP contribution in [0.3, 0.4) is 0 Å². The van der Waals surface area contributed by atoms with Crippen LogP contribution >= 0.6 is 35.0 Å². The van der Waals surface area contributed by atoms with E-state index >= 15 is 0 Å². The van der Waals surface area contributed by atoms with Crippen LogP contribution in [0.25, 0.3) is 0 Å². The molecule has 0 bridgehead atoms. The van der Waals surface area contributed by atoms with E-state index in [-0.39, 0.29) is 0 Å². The van der Waals surface area contributed by atoms with E-state index in [1.165, 1.54) is 0 Å². The van der Waals surface area contributed by atoms with Gasteiger partial charge in [0.2, 0.25) is 0 Å². The molecule has 1 heterocycles. The minimum Gasteiger partial charge on any atom is -0.398 e. The largest absolute Gasteiger partial charge is 0.398 e. The van der Waals surface area contributed by atoms with E-state index < -0.39 is 0 Å². The monoisotopic (exact) mass is 284 g/mol. The summed E-state index contributed by atoms with van der Waals surface area (Å²) in [7, 11) is 0. The third kappa shape index (κ3) is 3.28. The summed E-state index contributed by atoms with van der Waals surface area (Å²) in [6.07, 6.45) is 1.67. The number of nitrogens with zero attached hydrogens (tertiary/aromatic N) is 1. The zero-order chi connectivity index (χ0) is 12.3. The summed E-state index contributed by atoms with van der Waals surface area (Å²) in [5, 5.41) is 1.18. The van der Waals surface area contributed by atoms with Gasteiger partial charge in [-0.15, -0.1) is 11.8 Å². The van der Waals surface area contributed by atoms with Gasteiger partial charge in [-0.3, -0.25) is 0 Å². The molecular formula is C12H10Cl2N2S. The summed E-state index contributed by atoms with van der Waals surface area (Å²) in [6.45, 7) is 0. The normalized spacial score (nSPS) is 10.5. The Labute approximate surface area is 114 Å². The van der Waals surface area contributed by atoms with Crippen LogP contribution < -0.4 is 5.73 Å². The number of hydrogen-bond donors (Lipinski definition) is 1. The molecule has 2 nitrogen and oxygen atoms in total. The van der Waals surface area contributed by atoms with Crippen molar-refractivity contribution in [1.29, 1.82) is 0 Å². The molecule has 88 valence electrons. The van der Waals surface area contributed by atoms with E-state index in [1.807, 2.05) is 24.3 Å². The lowest BCUT2D eigenvalue weighted by Gasteiger charge is -2.06. The SMILES string of the molecule is Nc1cc(Cl)ccc1SCc1cccnc1Cl. The quantitative estimate of drug-likeness (QED) is 0.520. The van der Waals surface area contributed by atoms with Crippen molar-refractivity contribution in [1.82, 2.24) is 4.98 Å². The van der Waals surface area contributed by atoms with E-state index in [1.54, 1.807) is 24.0 Å². The van der Waals surface area contributed by atoms with Gasteiger partial charge >= 0.3 is 0 Å². The average Bonchev–Trinajstić information content (AvgIpc) is 2.30. The molecular weight excluding hydrogens is 275 g/mol. The first kappa shape index (κ1) is 12.6. The van der Waals surface area contributed by atoms with Gasteiger partial charge in [0.05, 0.1) is 0 Å². The molecule has 0 aliphatic heterocycles. The van der Waals surface area contributed by atoms with Crippen LogP contribution in [0.5, 0.6) is 0 Å². The molecule has 2 aromatic rings. The second-order valence-corrected chi connectivity index (χ2v) is 5.24. The molecule has 0 unspecified atom stereocenters. The molecule has 0 spiro atoms. The molecule has 0 aliphatic rings. The molecule has 5 heteroatoms. The number of thioether (sulfide) groups is 1. The van der Waals surface area contributed by atoms with Crippen molar-refractivity contribution in [3.8, 4) is 0 Å². The molecule has 17 heavy (non-hydrogen) atoms. The molecule has 0 aliphatic carbocycles. The number of rotatable bonds is 3. The predicted octanol–water partition coefficient (Wildman–Crippen LogP) is 4.26. The lowest BCUT2D eigenvalue weighted by atomic mass is 10.3. The summed E-state index contributed by atoms with van der Waals surface area (Å²) < 4.78 is 0. The number of aromatic nitrogens is 1. The van der Waals surface area contributed by atoms with Gasteiger partial charge in [-0.05, 0) is 29.8 Å². The summed E-state index contributed by atoms with van der Waals surface area (Å²) in [5.41, 5.74) is 7.55. The summed E-state index contributed by atoms with van der Waals surface area (Å²) in [6, 6.07) is 9.30. The van der Waals surface area contributed by atoms with E-state index in [4.69, 9.17) is 28.9 Å². The van der Waals surface area contributed by atoms with Crippen molar-refractivity contribution >= 4 is 40.7 Å². The fourth-order valence-corrected chi connectivity index (χ4v) is 2.71. The third-order valence-corrected chi connectivity index (χ3v) is 3.90. The zero-order valence-electron chi connectivity index (χ0n) is 8.86. The van der Waals surface area contributed by atoms with Crippen molar-refractivity contribution < 1.29 is 0 Å². The molecule has 2 rings (SSSR count). The van der Waals surface area contributed by atoms with Crippen molar-refractivity contribution in [2.45, 2.75) is 10.6 Å². The van der Waals surface area contributed by atoms with Crippen LogP contribution in [0, 0.1) is 0 Å². The Morgan fingerprint density at radius 1 is 1.24 bits per heavy atom. The average molecular weight is 285 g/mol. The first-order valence-electron chi connectivity index (χ1n) is 4.94. The predicted molar refractivity (Wildman–Crippen MR) is 74.7 cm³/mol. The second kappa shape index (κ2) is 5.63. The van der Waals surface area contributed by atoms with Gasteiger partial charge in [-0.25, -0.2) is 4.98 Å². The van der Waals surface area contributed by atoms with E-state index in [0.29, 0.717) is 15.9 Å². The second-order valence-electron chi connectivity index (χ2n) is 3.42. The fourth-order valence-electron chi connectivity index (χ4n) is 1.33. The number of nitrogen functional groups attached to an aromatic ring is 1. The van der Waals surface area contributed by atoms with Gasteiger partial charge in [0, 0.05) is 27.6 Å². The maximum atomic E-state index is 5.98. The van der Waals surface area contributed by atoms with Gasteiger partial charge in [0.1, 0.15) is 5.15 Å². The number of hydrogen-bond acceptors (Lipinski definition) is 3. The van der Waals surface area contributed by atoms with E-state index in [9.17, 15) is 0 Å². The molecule has 1 aromatic heterocycles. The van der Waals surface area contributed by atoms with Crippen LogP contribution in [0.1, 0.15) is 5.56 Å². The number of halogens is 2. The highest BCUT2D eigenvalue weighted by molar-refractivity contribution is 7.98. The summed E-state index contributed by atoms with van der Waals surface area (Å²) in [5.74, 6) is 0.735. The summed E-state index contributed by atoms with van der Waals surface area (Å²) >= 11 is 13.4. The molecule has 2 N–H and O–H groups in total. The fraction of sp³-hybridized carbons (Fsp3) is 0.0833. The Hall–Kier alpha value is -0.900. The van der Waals surface area contributed by atoms with Crippen LogP contribution in [0.2, 0.25) is 10.2 Å². The van der Waals surface area contributed by atoms with Gasteiger partial charge < -0.3 is 5.73 Å². The minimum absolute atomic E-state index is 0.535. The lowest BCUT2D eigenvalue weighted by molar-refractivity contribution is 1.25. The molecule has 0 amide bonds. The standard InChI is InChI=1S/C12H10Cl2N2S/c13-9-3-4-11(10(15)6-9)17-7-8-2-1-5-16-12(8)14/h1-6H,7,15H2. The number of pyridine rings is 1. The van der Waals surface area contributed by atoms with Crippen LogP contribution in [-0.2, 0) is 5.75 Å². The summed E-state index contributed by atoms with van der Waals surface area (Å²) in [4.78, 5) is 5.02. The van der Waals surface area contributed by atoms with Crippen LogP contribution in [0.4, 0.5) is 5.69 Å². The molecule has 0 saturated heterocycles. The Bertz CT molecular complexity index is 532. The number of anilines is 1. The Balaban J connectivity index is 2.10. The minimum atomic E-state index is 0.535. The van der Waals surface area contributed by atoms with Crippen molar-refractivity contribution in [2.75, 3.05) is 5.73 Å². The van der Waals surface area contributed by atoms with Crippen molar-refractivity contribution in [3.63, 3.8) is 0 Å². The third-order valence-electron chi connectivity index (χ3n) is 2.19. The topological polar surface area (TPSA) is 38.9 Å². The first-order valence-corrected chi connectivity index (χ1v) is 6.68. The highest BCUT2D eigenvalue weighted by Crippen LogP contribution is 2.31. The first-order chi connectivity index (χ1) is 8.16. The molecule has 0 saturated carbocycles. The number of benzene rings is 1. The lowest BCUT2D eigenvalue weighted by Crippen LogP contribution is -1.90. The maximum Gasteiger partial charge on any atom is 0.133 e. The van der Waals surface area contributed by atoms with E-state index in [0.717, 1.165) is 16.2 Å². The van der Waals surface area contributed by atoms with Gasteiger partial charge in [0.15, 0.2) is 0 Å². The highest BCUT2D eigenvalue weighted by Gasteiger charge is 2.04. The molecule has 0 atom stereocenters. The van der Waals surface area contributed by atoms with Crippen molar-refractivity contribution in [2.24, 2.45) is 0 Å². The Morgan fingerprint density at radius 3 is 2.76 bits per heavy atom. The maximum absolute atomic E-state index is 5.98. The van der Waals surface area contributed by atoms with Crippen LogP contribution in [0.15, 0.2) is 41.4 Å². The van der Waals surface area contributed by atoms with Gasteiger partial charge in [-0.2, -0.15) is 0 Å². The van der Waals surface area contributed by atoms with Crippen LogP contribution in [-0.4, -0.2) is 4.98 Å². The van der Waals surface area contributed by atoms with E-state index in [2.05, 4.69) is 4.98 Å². The van der Waals surface area contributed by atoms with Crippen molar-refractivity contribution in [3.05, 3.63) is 52.3 Å². The Kier molecular flexibility index (Phi) is 4.15. The zero-order valence-corrected chi connectivity index (χ0v) is 11.2. The number of nitrogens with two attached hydrogens (primary N) is 1. The molecule has 0 fully saturated rings. The van der Waals surface area contributed by atoms with Gasteiger partial charge in [0.25, 0.3) is 0 Å². The molecule has 0 radical (unpaired) electrons. The van der Waals surface area contributed by atoms with Gasteiger partial charge in [-0.1, -0.05) is 29.3 Å².